The second kappa shape index (κ2) is 5.22. The molecule has 0 aliphatic heterocycles. The van der Waals surface area contributed by atoms with Crippen molar-refractivity contribution in [3.63, 3.8) is 0 Å². The van der Waals surface area contributed by atoms with Crippen molar-refractivity contribution in [2.75, 3.05) is 12.8 Å². The van der Waals surface area contributed by atoms with Crippen LogP contribution in [-0.2, 0) is 6.54 Å². The summed E-state index contributed by atoms with van der Waals surface area (Å²) in [5.41, 5.74) is 7.18. The van der Waals surface area contributed by atoms with Crippen LogP contribution in [0.5, 0.6) is 5.75 Å². The van der Waals surface area contributed by atoms with E-state index in [2.05, 4.69) is 15.0 Å². The van der Waals surface area contributed by atoms with Gasteiger partial charge in [0.1, 0.15) is 17.7 Å². The summed E-state index contributed by atoms with van der Waals surface area (Å²) in [4.78, 5) is 12.0. The Morgan fingerprint density at radius 3 is 3.00 bits per heavy atom. The van der Waals surface area contributed by atoms with Gasteiger partial charge in [0.05, 0.1) is 19.2 Å². The van der Waals surface area contributed by atoms with Crippen molar-refractivity contribution in [1.29, 1.82) is 0 Å². The molecule has 1 aromatic heterocycles. The molecule has 0 radical (unpaired) electrons. The van der Waals surface area contributed by atoms with E-state index in [9.17, 15) is 4.79 Å². The number of benzene rings is 1. The third kappa shape index (κ3) is 2.60. The second-order valence-corrected chi connectivity index (χ2v) is 3.63. The number of amides is 1. The number of rotatable bonds is 4. The fourth-order valence-corrected chi connectivity index (χ4v) is 1.50. The summed E-state index contributed by atoms with van der Waals surface area (Å²) < 4.78 is 9.78. The molecule has 2 rings (SSSR count). The highest BCUT2D eigenvalue weighted by molar-refractivity contribution is 5.97. The number of aromatic nitrogens is 1. The fourth-order valence-electron chi connectivity index (χ4n) is 1.50. The van der Waals surface area contributed by atoms with E-state index in [1.54, 1.807) is 24.3 Å². The van der Waals surface area contributed by atoms with E-state index in [0.29, 0.717) is 22.7 Å². The minimum absolute atomic E-state index is 0.276. The molecule has 2 aromatic rings. The SMILES string of the molecule is COc1ccc(N)cc1C(=O)NCc1ccon1. The van der Waals surface area contributed by atoms with E-state index < -0.39 is 0 Å². The Morgan fingerprint density at radius 2 is 2.33 bits per heavy atom. The van der Waals surface area contributed by atoms with Gasteiger partial charge in [-0.3, -0.25) is 4.79 Å². The van der Waals surface area contributed by atoms with E-state index in [1.165, 1.54) is 13.4 Å². The summed E-state index contributed by atoms with van der Waals surface area (Å²) in [5, 5.41) is 6.40. The van der Waals surface area contributed by atoms with E-state index >= 15 is 0 Å². The first-order chi connectivity index (χ1) is 8.70. The van der Waals surface area contributed by atoms with Crippen molar-refractivity contribution in [1.82, 2.24) is 10.5 Å². The number of carbonyl (C=O) groups is 1. The maximum absolute atomic E-state index is 12.0. The number of ether oxygens (including phenoxy) is 1. The largest absolute Gasteiger partial charge is 0.496 e. The standard InChI is InChI=1S/C12H13N3O3/c1-17-11-3-2-8(13)6-10(11)12(16)14-7-9-4-5-18-15-9/h2-6H,7,13H2,1H3,(H,14,16). The van der Waals surface area contributed by atoms with Gasteiger partial charge in [0.25, 0.3) is 5.91 Å². The number of nitrogens with zero attached hydrogens (tertiary/aromatic N) is 1. The van der Waals surface area contributed by atoms with Crippen LogP contribution in [-0.4, -0.2) is 18.2 Å². The molecular formula is C12H13N3O3. The van der Waals surface area contributed by atoms with Crippen molar-refractivity contribution in [3.05, 3.63) is 41.8 Å². The Labute approximate surface area is 104 Å². The maximum atomic E-state index is 12.0. The first-order valence-corrected chi connectivity index (χ1v) is 5.31. The summed E-state index contributed by atoms with van der Waals surface area (Å²) in [6.45, 7) is 0.285. The van der Waals surface area contributed by atoms with Gasteiger partial charge in [0.2, 0.25) is 0 Å². The average Bonchev–Trinajstić information content (AvgIpc) is 2.89. The Morgan fingerprint density at radius 1 is 1.50 bits per heavy atom. The minimum atomic E-state index is -0.276. The Balaban J connectivity index is 2.10. The molecule has 0 spiro atoms. The molecule has 3 N–H and O–H groups in total. The Kier molecular flexibility index (Phi) is 3.47. The number of carbonyl (C=O) groups excluding carboxylic acids is 1. The predicted octanol–water partition coefficient (Wildman–Crippen LogP) is 1.20. The molecule has 0 aliphatic rings. The van der Waals surface area contributed by atoms with Crippen molar-refractivity contribution in [3.8, 4) is 5.75 Å². The Bertz CT molecular complexity index is 538. The van der Waals surface area contributed by atoms with Crippen LogP contribution in [0.1, 0.15) is 16.1 Å². The molecule has 1 amide bonds. The van der Waals surface area contributed by atoms with Crippen molar-refractivity contribution in [2.45, 2.75) is 6.54 Å². The first kappa shape index (κ1) is 12.0. The van der Waals surface area contributed by atoms with Crippen LogP contribution >= 0.6 is 0 Å². The van der Waals surface area contributed by atoms with Crippen molar-refractivity contribution >= 4 is 11.6 Å². The van der Waals surface area contributed by atoms with Crippen LogP contribution < -0.4 is 15.8 Å². The number of hydrogen-bond donors (Lipinski definition) is 2. The van der Waals surface area contributed by atoms with Crippen molar-refractivity contribution < 1.29 is 14.1 Å². The highest BCUT2D eigenvalue weighted by Crippen LogP contribution is 2.20. The molecule has 0 saturated heterocycles. The van der Waals surface area contributed by atoms with E-state index in [4.69, 9.17) is 10.5 Å². The molecule has 0 saturated carbocycles. The molecule has 0 aliphatic carbocycles. The lowest BCUT2D eigenvalue weighted by Gasteiger charge is -2.09. The second-order valence-electron chi connectivity index (χ2n) is 3.63. The number of nitrogen functional groups attached to an aromatic ring is 1. The zero-order valence-electron chi connectivity index (χ0n) is 9.84. The maximum Gasteiger partial charge on any atom is 0.255 e. The van der Waals surface area contributed by atoms with Crippen LogP contribution in [0, 0.1) is 0 Å². The molecule has 0 bridgehead atoms. The lowest BCUT2D eigenvalue weighted by atomic mass is 10.1. The van der Waals surface area contributed by atoms with Crippen LogP contribution in [0.3, 0.4) is 0 Å². The molecule has 6 nitrogen and oxygen atoms in total. The highest BCUT2D eigenvalue weighted by atomic mass is 16.5. The zero-order chi connectivity index (χ0) is 13.0. The molecule has 18 heavy (non-hydrogen) atoms. The van der Waals surface area contributed by atoms with Crippen LogP contribution in [0.4, 0.5) is 5.69 Å². The Hall–Kier alpha value is -2.50. The van der Waals surface area contributed by atoms with Gasteiger partial charge in [-0.05, 0) is 18.2 Å². The van der Waals surface area contributed by atoms with E-state index in [-0.39, 0.29) is 12.5 Å². The number of nitrogens with one attached hydrogen (secondary N) is 1. The van der Waals surface area contributed by atoms with Gasteiger partial charge in [-0.15, -0.1) is 0 Å². The summed E-state index contributed by atoms with van der Waals surface area (Å²) in [7, 11) is 1.50. The van der Waals surface area contributed by atoms with Gasteiger partial charge < -0.3 is 20.3 Å². The lowest BCUT2D eigenvalue weighted by Crippen LogP contribution is -2.23. The summed E-state index contributed by atoms with van der Waals surface area (Å²) in [5.74, 6) is 0.198. The molecule has 0 fully saturated rings. The monoisotopic (exact) mass is 247 g/mol. The molecule has 94 valence electrons. The summed E-state index contributed by atoms with van der Waals surface area (Å²) in [6.07, 6.45) is 1.45. The topological polar surface area (TPSA) is 90.4 Å². The number of methoxy groups -OCH3 is 1. The molecule has 1 aromatic carbocycles. The third-order valence-corrected chi connectivity index (χ3v) is 2.39. The quantitative estimate of drug-likeness (QED) is 0.792. The minimum Gasteiger partial charge on any atom is -0.496 e. The molecule has 0 atom stereocenters. The average molecular weight is 247 g/mol. The fraction of sp³-hybridized carbons (Fsp3) is 0.167. The number of hydrogen-bond acceptors (Lipinski definition) is 5. The molecule has 1 heterocycles. The van der Waals surface area contributed by atoms with Gasteiger partial charge in [0.15, 0.2) is 0 Å². The van der Waals surface area contributed by atoms with E-state index in [0.717, 1.165) is 0 Å². The van der Waals surface area contributed by atoms with Gasteiger partial charge >= 0.3 is 0 Å². The molecule has 0 unspecified atom stereocenters. The number of anilines is 1. The van der Waals surface area contributed by atoms with E-state index in [1.807, 2.05) is 0 Å². The smallest absolute Gasteiger partial charge is 0.255 e. The lowest BCUT2D eigenvalue weighted by molar-refractivity contribution is 0.0947. The normalized spacial score (nSPS) is 10.1. The third-order valence-electron chi connectivity index (χ3n) is 2.39. The first-order valence-electron chi connectivity index (χ1n) is 5.31. The summed E-state index contributed by atoms with van der Waals surface area (Å²) >= 11 is 0. The molecule has 6 heteroatoms. The summed E-state index contributed by atoms with van der Waals surface area (Å²) in [6, 6.07) is 6.57. The van der Waals surface area contributed by atoms with Crippen molar-refractivity contribution in [2.24, 2.45) is 0 Å². The van der Waals surface area contributed by atoms with Gasteiger partial charge in [-0.1, -0.05) is 5.16 Å². The highest BCUT2D eigenvalue weighted by Gasteiger charge is 2.12. The predicted molar refractivity (Wildman–Crippen MR) is 65.1 cm³/mol. The number of nitrogens with two attached hydrogens (primary N) is 1. The van der Waals surface area contributed by atoms with Gasteiger partial charge in [0, 0.05) is 11.8 Å². The molecular weight excluding hydrogens is 234 g/mol. The van der Waals surface area contributed by atoms with Gasteiger partial charge in [-0.25, -0.2) is 0 Å². The van der Waals surface area contributed by atoms with Crippen LogP contribution in [0.25, 0.3) is 0 Å². The van der Waals surface area contributed by atoms with Crippen LogP contribution in [0.2, 0.25) is 0 Å². The zero-order valence-corrected chi connectivity index (χ0v) is 9.84. The van der Waals surface area contributed by atoms with Gasteiger partial charge in [-0.2, -0.15) is 0 Å². The van der Waals surface area contributed by atoms with Crippen LogP contribution in [0.15, 0.2) is 35.1 Å².